The minimum absolute atomic E-state index is 0.0288. The summed E-state index contributed by atoms with van der Waals surface area (Å²) in [4.78, 5) is 218. The van der Waals surface area contributed by atoms with Crippen molar-refractivity contribution in [3.05, 3.63) is 137 Å². The lowest BCUT2D eigenvalue weighted by Gasteiger charge is -2.41. The number of benzene rings is 4. The van der Waals surface area contributed by atoms with Crippen LogP contribution in [0.5, 0.6) is 0 Å². The Bertz CT molecular complexity index is 4980. The van der Waals surface area contributed by atoms with Crippen LogP contribution in [0.25, 0.3) is 11.3 Å². The fraction of sp³-hybridized carbons (Fsp3) is 0.569. The fourth-order valence-electron chi connectivity index (χ4n) is 17.3. The number of carboxylic acid groups (broad SMARTS) is 3. The van der Waals surface area contributed by atoms with Gasteiger partial charge in [-0.25, -0.2) is 19.1 Å². The van der Waals surface area contributed by atoms with Crippen LogP contribution in [0.3, 0.4) is 0 Å². The van der Waals surface area contributed by atoms with E-state index in [4.69, 9.17) is 28.8 Å². The highest BCUT2D eigenvalue weighted by Gasteiger charge is 2.45. The molecule has 37 heteroatoms. The number of likely N-dealkylation sites (N-methyl/N-ethyl adjacent to an activating group) is 2. The van der Waals surface area contributed by atoms with Gasteiger partial charge in [0.2, 0.25) is 29.5 Å². The van der Waals surface area contributed by atoms with E-state index < -0.39 is 169 Å². The van der Waals surface area contributed by atoms with Crippen molar-refractivity contribution in [3.8, 4) is 23.1 Å². The zero-order valence-electron chi connectivity index (χ0n) is 82.3. The standard InChI is InChI=1S/C102H140N12O25/c1-15-65(8)94(87(134-13)57-91(122)114-47-24-29-82(114)95(135-14)66(9)83(116)54-74(99(128)129)51-68-25-20-19-21-26-68)111(11)98(127)78(63(4)5)56-86(119)93(64(6)7)112(12)102(133)138-59-71-32-30-70(31-33-71)53-84(117)67(10)104-97(126)77(62(2)3)55-85(118)79(106-89(121)60-137-76-27-22-17-16-18-23-28-76)42-43-88(120)103-46-49-136-50-48-113-58-81(109-110-113)72-36-38-73(39-37-72)96(125)105-75-40-34-69(35-41-75)52-80(100(130)131)107-101(132)108-90(139-61-115)44-45-92(123)124/h19-21,25-26,30-41,58,61-67,74,76-80,82,87,90,93-95H,15-18,22,24,27,29,42-57,59-60H2,1-14H3,(H,103,120)(H,104,126)(H,105,125)(H,106,121)(H,123,124)(H,128,129)(H,130,131)(H2,107,108,132)/t65-,66-,67-,74+,76?,77-,78-,79?,80-,82-,87+,90+,93-,94-,95+/m0/s1. The number of ether oxygens (including phenoxy) is 6. The molecule has 1 aromatic heterocycles. The third kappa shape index (κ3) is 36.6. The molecule has 37 nitrogen and oxygen atoms in total. The molecule has 4 aromatic carbocycles. The van der Waals surface area contributed by atoms with E-state index in [1.54, 1.807) is 135 Å². The molecular weight excluding hydrogens is 1790 g/mol. The minimum Gasteiger partial charge on any atom is -0.481 e. The number of urea groups is 1. The quantitative estimate of drug-likeness (QED) is 0.00756. The van der Waals surface area contributed by atoms with Crippen LogP contribution in [-0.4, -0.2) is 262 Å². The van der Waals surface area contributed by atoms with Gasteiger partial charge >= 0.3 is 30.0 Å². The van der Waals surface area contributed by atoms with Gasteiger partial charge < -0.3 is 90.3 Å². The highest BCUT2D eigenvalue weighted by atomic mass is 16.6. The molecule has 2 aliphatic rings. The number of rotatable bonds is 60. The van der Waals surface area contributed by atoms with E-state index in [0.717, 1.165) is 24.8 Å². The van der Waals surface area contributed by atoms with E-state index in [-0.39, 0.29) is 145 Å². The number of Topliss-reactive ketones (excluding diaryl/α,β-unsaturated/α-hetero) is 4. The largest absolute Gasteiger partial charge is 0.481 e. The molecule has 0 saturated carbocycles. The average Bonchev–Trinajstić information content (AvgIpc) is 1.75. The number of carboxylic acids is 3. The second-order valence-corrected chi connectivity index (χ2v) is 36.9. The van der Waals surface area contributed by atoms with Crippen molar-refractivity contribution in [2.75, 3.05) is 66.5 Å². The van der Waals surface area contributed by atoms with Crippen LogP contribution < -0.4 is 31.9 Å². The number of carbonyl (C=O) groups is 16. The molecule has 0 bridgehead atoms. The number of ketones is 4. The van der Waals surface area contributed by atoms with Gasteiger partial charge in [-0.2, -0.15) is 0 Å². The Kier molecular flexibility index (Phi) is 47.0. The van der Waals surface area contributed by atoms with Crippen LogP contribution in [0.1, 0.15) is 205 Å². The predicted octanol–water partition coefficient (Wildman–Crippen LogP) is 9.80. The van der Waals surface area contributed by atoms with Gasteiger partial charge in [0.05, 0.1) is 87.1 Å². The molecule has 9 amide bonds. The summed E-state index contributed by atoms with van der Waals surface area (Å²) in [6, 6.07) is 21.9. The van der Waals surface area contributed by atoms with Crippen molar-refractivity contribution in [2.45, 2.75) is 265 Å². The summed E-state index contributed by atoms with van der Waals surface area (Å²) in [6.07, 6.45) is 1.54. The molecule has 7 rings (SSSR count). The predicted molar refractivity (Wildman–Crippen MR) is 512 cm³/mol. The Morgan fingerprint density at radius 2 is 1.29 bits per heavy atom. The van der Waals surface area contributed by atoms with E-state index in [0.29, 0.717) is 77.8 Å². The van der Waals surface area contributed by atoms with Gasteiger partial charge in [-0.1, -0.05) is 165 Å². The first-order valence-electron chi connectivity index (χ1n) is 47.8. The van der Waals surface area contributed by atoms with Gasteiger partial charge in [0.25, 0.3) is 12.4 Å². The Morgan fingerprint density at radius 3 is 1.93 bits per heavy atom. The first-order valence-corrected chi connectivity index (χ1v) is 47.8. The zero-order chi connectivity index (χ0) is 102. The third-order valence-electron chi connectivity index (χ3n) is 25.6. The van der Waals surface area contributed by atoms with Crippen molar-refractivity contribution in [2.24, 2.45) is 47.3 Å². The monoisotopic (exact) mass is 1930 g/mol. The summed E-state index contributed by atoms with van der Waals surface area (Å²) in [5.74, 6) is -6.54. The molecule has 5 aromatic rings. The number of nitrogens with zero attached hydrogens (tertiary/aromatic N) is 6. The maximum Gasteiger partial charge on any atom is 0.410 e. The Balaban J connectivity index is 0.860. The van der Waals surface area contributed by atoms with Crippen molar-refractivity contribution < 1.29 is 120 Å². The summed E-state index contributed by atoms with van der Waals surface area (Å²) in [5.41, 5.74) is 4.29. The van der Waals surface area contributed by atoms with Crippen molar-refractivity contribution in [3.63, 3.8) is 0 Å². The highest BCUT2D eigenvalue weighted by molar-refractivity contribution is 6.04. The number of methoxy groups -OCH3 is 2. The topological polar surface area (TPSA) is 502 Å². The lowest BCUT2D eigenvalue weighted by molar-refractivity contribution is -0.149. The second-order valence-electron chi connectivity index (χ2n) is 36.9. The highest BCUT2D eigenvalue weighted by Crippen LogP contribution is 2.34. The van der Waals surface area contributed by atoms with Gasteiger partial charge in [0.15, 0.2) is 23.6 Å². The maximum atomic E-state index is 15.0. The molecule has 2 unspecified atom stereocenters. The molecule has 2 heterocycles. The summed E-state index contributed by atoms with van der Waals surface area (Å²) in [6.45, 7) is 18.5. The van der Waals surface area contributed by atoms with Crippen molar-refractivity contribution >= 4 is 101 Å². The van der Waals surface area contributed by atoms with Crippen molar-refractivity contribution in [1.29, 1.82) is 0 Å². The molecule has 15 atom stereocenters. The maximum absolute atomic E-state index is 15.0. The third-order valence-corrected chi connectivity index (χ3v) is 25.6. The molecule has 0 spiro atoms. The summed E-state index contributed by atoms with van der Waals surface area (Å²) in [5, 5.41) is 52.8. The fourth-order valence-corrected chi connectivity index (χ4v) is 17.3. The normalized spacial score (nSPS) is 16.5. The van der Waals surface area contributed by atoms with Crippen LogP contribution in [-0.2, 0) is 123 Å². The van der Waals surface area contributed by atoms with Gasteiger partial charge in [-0.15, -0.1) is 11.0 Å². The minimum atomic E-state index is -1.43. The number of aromatic nitrogens is 3. The Morgan fingerprint density at radius 1 is 0.626 bits per heavy atom. The van der Waals surface area contributed by atoms with Crippen LogP contribution in [0.15, 0.2) is 109 Å². The number of hydrogen-bond acceptors (Lipinski definition) is 24. The number of amides is 9. The molecule has 1 aliphatic heterocycles. The van der Waals surface area contributed by atoms with Crippen LogP contribution >= 0.6 is 0 Å². The van der Waals surface area contributed by atoms with E-state index >= 15 is 0 Å². The van der Waals surface area contributed by atoms with Crippen LogP contribution in [0.2, 0.25) is 0 Å². The van der Waals surface area contributed by atoms with E-state index in [9.17, 15) is 86.9 Å². The molecule has 1 fully saturated rings. The Hall–Kier alpha value is -12.7. The van der Waals surface area contributed by atoms with Gasteiger partial charge in [0, 0.05) is 127 Å². The van der Waals surface area contributed by atoms with E-state index in [1.165, 1.54) is 33.1 Å². The van der Waals surface area contributed by atoms with Crippen LogP contribution in [0.4, 0.5) is 15.3 Å². The van der Waals surface area contributed by atoms with Gasteiger partial charge in [0.1, 0.15) is 36.8 Å². The molecule has 758 valence electrons. The number of hydrogen-bond donors (Lipinski definition) is 9. The molecule has 1 saturated heterocycles. The number of anilines is 1. The van der Waals surface area contributed by atoms with Crippen molar-refractivity contribution in [1.82, 2.24) is 56.3 Å². The first kappa shape index (κ1) is 113. The van der Waals surface area contributed by atoms with E-state index in [2.05, 4.69) is 58.8 Å². The Labute approximate surface area is 812 Å². The smallest absolute Gasteiger partial charge is 0.410 e. The first-order chi connectivity index (χ1) is 66.2. The summed E-state index contributed by atoms with van der Waals surface area (Å²) in [7, 11) is 6.11. The molecule has 9 N–H and O–H groups in total. The second kappa shape index (κ2) is 57.6. The molecule has 1 aliphatic carbocycles. The van der Waals surface area contributed by atoms with Gasteiger partial charge in [-0.05, 0) is 122 Å². The molecule has 139 heavy (non-hydrogen) atoms. The summed E-state index contributed by atoms with van der Waals surface area (Å²) >= 11 is 0. The SMILES string of the molecule is CC[C@H](C)[C@@H]([C@@H](CC(=O)N1CCC[C@H]1[C@H](OC)[C@@H](C)C(=O)C[C@@H](Cc1ccccc1)C(=O)O)OC)N(C)C(=O)[C@@H](CC(=O)[C@H](C(C)C)N(C)C(=O)OCc1ccc(CC(=O)[C@H](C)NC(=O)[C@@H](CC(=O)C(CCC(=O)NCCOCCn2cc(-c3ccc(C(=O)Nc4ccc(C[C@H](NC(=O)N[C@@H](CCC(=O)O)OC=O)C(=O)O)cc4)cc3)nn2)NC(=O)COC2C#CCCCCC2)C(C)C)cc1)C(C)C. The van der Waals surface area contributed by atoms with Gasteiger partial charge in [-0.3, -0.25) is 62.3 Å². The number of aliphatic carboxylic acids is 3. The number of nitrogens with one attached hydrogen (secondary N) is 6. The van der Waals surface area contributed by atoms with Crippen LogP contribution in [0, 0.1) is 59.2 Å². The van der Waals surface area contributed by atoms with E-state index in [1.807, 2.05) is 58.0 Å². The number of carbonyl (C=O) groups excluding carboxylic acids is 13. The molecule has 0 radical (unpaired) electrons. The summed E-state index contributed by atoms with van der Waals surface area (Å²) < 4.78 is 35.8. The molecular formula is C102H140N12O25. The number of likely N-dealkylation sites (tertiary alicyclic amines) is 1. The lowest BCUT2D eigenvalue weighted by atomic mass is 9.83. The zero-order valence-corrected chi connectivity index (χ0v) is 82.3. The average molecular weight is 1930 g/mol. The lowest BCUT2D eigenvalue weighted by Crippen LogP contribution is -2.54.